The monoisotopic (exact) mass is 451 g/mol. The molecule has 2 atom stereocenters. The first-order valence-electron chi connectivity index (χ1n) is 9.31. The van der Waals surface area contributed by atoms with Crippen LogP contribution < -0.4 is 4.74 Å². The maximum Gasteiger partial charge on any atom is 0.241 e. The van der Waals surface area contributed by atoms with Gasteiger partial charge in [-0.3, -0.25) is 14.9 Å². The molecule has 1 amide bonds. The molecule has 0 fully saturated rings. The van der Waals surface area contributed by atoms with E-state index in [9.17, 15) is 28.1 Å². The second-order valence-corrected chi connectivity index (χ2v) is 8.37. The van der Waals surface area contributed by atoms with Gasteiger partial charge in [0.15, 0.2) is 4.87 Å². The van der Waals surface area contributed by atoms with Gasteiger partial charge in [0.2, 0.25) is 12.5 Å². The van der Waals surface area contributed by atoms with Gasteiger partial charge in [0.05, 0.1) is 6.61 Å². The summed E-state index contributed by atoms with van der Waals surface area (Å²) in [7, 11) is 0. The van der Waals surface area contributed by atoms with Crippen molar-refractivity contribution in [2.75, 3.05) is 13.2 Å². The highest BCUT2D eigenvalue weighted by molar-refractivity contribution is 8.15. The van der Waals surface area contributed by atoms with Gasteiger partial charge in [-0.1, -0.05) is 11.8 Å². The summed E-state index contributed by atoms with van der Waals surface area (Å²) in [6.45, 7) is 0.809. The zero-order chi connectivity index (χ0) is 22.3. The van der Waals surface area contributed by atoms with Crippen molar-refractivity contribution in [1.29, 1.82) is 0 Å². The van der Waals surface area contributed by atoms with Gasteiger partial charge >= 0.3 is 0 Å². The van der Waals surface area contributed by atoms with E-state index >= 15 is 0 Å². The van der Waals surface area contributed by atoms with Crippen molar-refractivity contribution < 1.29 is 27.6 Å². The van der Waals surface area contributed by atoms with E-state index in [1.807, 2.05) is 0 Å². The van der Waals surface area contributed by atoms with Crippen molar-refractivity contribution in [1.82, 2.24) is 5.01 Å². The Labute approximate surface area is 179 Å². The Balaban J connectivity index is 1.89. The molecule has 2 aliphatic heterocycles. The highest BCUT2D eigenvalue weighted by Crippen LogP contribution is 2.57. The van der Waals surface area contributed by atoms with Crippen LogP contribution in [0.15, 0.2) is 41.5 Å². The molecule has 2 unspecified atom stereocenters. The van der Waals surface area contributed by atoms with Crippen LogP contribution in [-0.2, 0) is 9.67 Å². The molecule has 162 valence electrons. The lowest BCUT2D eigenvalue weighted by atomic mass is 9.86. The van der Waals surface area contributed by atoms with Crippen LogP contribution in [0.3, 0.4) is 0 Å². The number of amides is 1. The number of carbonyl (C=O) groups is 1. The van der Waals surface area contributed by atoms with E-state index in [0.29, 0.717) is 0 Å². The lowest BCUT2D eigenvalue weighted by Crippen LogP contribution is -2.51. The fraction of sp³-hybridized carbons (Fsp3) is 0.300. The summed E-state index contributed by atoms with van der Waals surface area (Å²) in [6.07, 6.45) is -0.00579. The van der Waals surface area contributed by atoms with Gasteiger partial charge in [-0.2, -0.15) is 5.10 Å². The zero-order valence-corrected chi connectivity index (χ0v) is 17.0. The molecule has 7 nitrogen and oxygen atoms in total. The fourth-order valence-electron chi connectivity index (χ4n) is 3.85. The standard InChI is InChI=1S/C20H16F3N3O4S/c1-11(27)26-20(31-19(24-26)15-8-13(21)2-4-17(15)23)12(6-7-25(28)29)10-30-18-5-3-14(22)9-16(18)20/h2-5,8-9,12H,6-7,10H2,1H3. The van der Waals surface area contributed by atoms with Crippen LogP contribution in [-0.4, -0.2) is 34.0 Å². The van der Waals surface area contributed by atoms with E-state index in [1.165, 1.54) is 25.1 Å². The molecule has 1 spiro atoms. The first-order chi connectivity index (χ1) is 14.7. The average Bonchev–Trinajstić information content (AvgIpc) is 3.11. The van der Waals surface area contributed by atoms with Crippen molar-refractivity contribution >= 4 is 22.7 Å². The van der Waals surface area contributed by atoms with E-state index in [4.69, 9.17) is 4.74 Å². The lowest BCUT2D eigenvalue weighted by molar-refractivity contribution is -0.482. The minimum absolute atomic E-state index is 0.00230. The molecule has 0 aliphatic carbocycles. The SMILES string of the molecule is CC(=O)N1N=C(c2cc(F)ccc2F)SC12c1cc(F)ccc1OCC2CC[N+](=O)[O-]. The Morgan fingerprint density at radius 1 is 1.29 bits per heavy atom. The molecular formula is C20H16F3N3O4S. The van der Waals surface area contributed by atoms with Crippen LogP contribution >= 0.6 is 11.8 Å². The molecule has 0 saturated carbocycles. The number of nitrogens with zero attached hydrogens (tertiary/aromatic N) is 3. The Morgan fingerprint density at radius 2 is 2.00 bits per heavy atom. The molecule has 31 heavy (non-hydrogen) atoms. The van der Waals surface area contributed by atoms with E-state index in [1.54, 1.807) is 0 Å². The van der Waals surface area contributed by atoms with Crippen molar-refractivity contribution in [3.8, 4) is 5.75 Å². The summed E-state index contributed by atoms with van der Waals surface area (Å²) in [6, 6.07) is 6.62. The molecule has 0 radical (unpaired) electrons. The maximum atomic E-state index is 14.5. The molecule has 2 aromatic carbocycles. The number of halogens is 3. The van der Waals surface area contributed by atoms with Gasteiger partial charge in [-0.15, -0.1) is 0 Å². The van der Waals surface area contributed by atoms with Crippen LogP contribution in [0, 0.1) is 33.5 Å². The Morgan fingerprint density at radius 3 is 2.71 bits per heavy atom. The van der Waals surface area contributed by atoms with E-state index < -0.39 is 45.6 Å². The quantitative estimate of drug-likeness (QED) is 0.520. The molecule has 2 aliphatic rings. The minimum Gasteiger partial charge on any atom is -0.493 e. The van der Waals surface area contributed by atoms with E-state index in [-0.39, 0.29) is 34.9 Å². The summed E-state index contributed by atoms with van der Waals surface area (Å²) < 4.78 is 48.2. The minimum atomic E-state index is -1.41. The van der Waals surface area contributed by atoms with Crippen LogP contribution in [0.2, 0.25) is 0 Å². The normalized spacial score (nSPS) is 22.1. The number of fused-ring (bicyclic) bond motifs is 2. The number of benzene rings is 2. The third kappa shape index (κ3) is 3.62. The van der Waals surface area contributed by atoms with Gasteiger partial charge in [-0.25, -0.2) is 18.2 Å². The lowest BCUT2D eigenvalue weighted by Gasteiger charge is -2.44. The van der Waals surface area contributed by atoms with Gasteiger partial charge in [-0.05, 0) is 36.4 Å². The van der Waals surface area contributed by atoms with Crippen LogP contribution in [0.5, 0.6) is 5.75 Å². The number of nitro groups is 1. The molecule has 0 saturated heterocycles. The Kier molecular flexibility index (Phi) is 5.38. The van der Waals surface area contributed by atoms with Gasteiger partial charge in [0.25, 0.3) is 0 Å². The molecule has 0 aromatic heterocycles. The fourth-order valence-corrected chi connectivity index (χ4v) is 5.41. The van der Waals surface area contributed by atoms with Crippen molar-refractivity contribution in [2.24, 2.45) is 11.0 Å². The van der Waals surface area contributed by atoms with Gasteiger partial charge in [0, 0.05) is 35.3 Å². The highest BCUT2D eigenvalue weighted by atomic mass is 32.2. The smallest absolute Gasteiger partial charge is 0.241 e. The van der Waals surface area contributed by atoms with Crippen molar-refractivity contribution in [3.05, 3.63) is 75.1 Å². The second kappa shape index (κ2) is 7.88. The van der Waals surface area contributed by atoms with Crippen molar-refractivity contribution in [2.45, 2.75) is 18.2 Å². The summed E-state index contributed by atoms with van der Waals surface area (Å²) in [5, 5.41) is 16.4. The topological polar surface area (TPSA) is 85.0 Å². The molecule has 0 bridgehead atoms. The largest absolute Gasteiger partial charge is 0.493 e. The van der Waals surface area contributed by atoms with E-state index in [0.717, 1.165) is 35.0 Å². The number of carbonyl (C=O) groups excluding carboxylic acids is 1. The summed E-state index contributed by atoms with van der Waals surface area (Å²) in [4.78, 5) is 21.7. The predicted octanol–water partition coefficient (Wildman–Crippen LogP) is 3.89. The molecule has 2 aromatic rings. The highest BCUT2D eigenvalue weighted by Gasteiger charge is 2.57. The molecule has 4 rings (SSSR count). The van der Waals surface area contributed by atoms with Crippen LogP contribution in [0.1, 0.15) is 24.5 Å². The first-order valence-corrected chi connectivity index (χ1v) is 10.1. The van der Waals surface area contributed by atoms with Crippen LogP contribution in [0.4, 0.5) is 13.2 Å². The van der Waals surface area contributed by atoms with Gasteiger partial charge < -0.3 is 4.74 Å². The number of hydrogen-bond donors (Lipinski definition) is 0. The zero-order valence-electron chi connectivity index (χ0n) is 16.2. The maximum absolute atomic E-state index is 14.5. The number of hydrazone groups is 1. The van der Waals surface area contributed by atoms with Crippen molar-refractivity contribution in [3.63, 3.8) is 0 Å². The van der Waals surface area contributed by atoms with Gasteiger partial charge in [0.1, 0.15) is 28.2 Å². The molecule has 2 heterocycles. The third-order valence-corrected chi connectivity index (χ3v) is 6.73. The first kappa shape index (κ1) is 21.2. The Bertz CT molecular complexity index is 1110. The average molecular weight is 451 g/mol. The third-order valence-electron chi connectivity index (χ3n) is 5.20. The summed E-state index contributed by atoms with van der Waals surface area (Å²) >= 11 is 0.937. The predicted molar refractivity (Wildman–Crippen MR) is 107 cm³/mol. The van der Waals surface area contributed by atoms with E-state index in [2.05, 4.69) is 5.10 Å². The molecule has 11 heteroatoms. The number of thioether (sulfide) groups is 1. The molecule has 0 N–H and O–H groups in total. The number of rotatable bonds is 4. The number of ether oxygens (including phenoxy) is 1. The summed E-state index contributed by atoms with van der Waals surface area (Å²) in [5.74, 6) is -2.97. The van der Waals surface area contributed by atoms with Crippen LogP contribution in [0.25, 0.3) is 0 Å². The molecular weight excluding hydrogens is 435 g/mol. The summed E-state index contributed by atoms with van der Waals surface area (Å²) in [5.41, 5.74) is 0.0912. The second-order valence-electron chi connectivity index (χ2n) is 7.15. The Hall–Kier alpha value is -3.08. The number of hydrogen-bond acceptors (Lipinski definition) is 6.